The number of carbonyl (C=O) groups is 1. The maximum Gasteiger partial charge on any atom is 0.320 e. The molecule has 0 bridgehead atoms. The van der Waals surface area contributed by atoms with E-state index in [9.17, 15) is 4.79 Å². The first-order valence-electron chi connectivity index (χ1n) is 7.24. The average molecular weight is 299 g/mol. The maximum atomic E-state index is 12.1. The van der Waals surface area contributed by atoms with Gasteiger partial charge < -0.3 is 5.32 Å². The number of carbonyl (C=O) groups excluding carboxylic acids is 1. The molecule has 2 amide bonds. The molecule has 6 heteroatoms. The summed E-state index contributed by atoms with van der Waals surface area (Å²) in [6.45, 7) is 7.78. The number of nitrogens with one attached hydrogen (secondary N) is 2. The van der Waals surface area contributed by atoms with E-state index in [-0.39, 0.29) is 11.6 Å². The summed E-state index contributed by atoms with van der Waals surface area (Å²) in [5.74, 6) is 1.09. The van der Waals surface area contributed by atoms with E-state index in [4.69, 9.17) is 0 Å². The van der Waals surface area contributed by atoms with Crippen LogP contribution in [0.4, 0.5) is 10.6 Å². The van der Waals surface area contributed by atoms with E-state index in [2.05, 4.69) is 25.6 Å². The van der Waals surface area contributed by atoms with Gasteiger partial charge in [-0.05, 0) is 39.3 Å². The predicted molar refractivity (Wildman–Crippen MR) is 86.5 cm³/mol. The summed E-state index contributed by atoms with van der Waals surface area (Å²) in [6.07, 6.45) is 5.86. The molecule has 0 aromatic carbocycles. The van der Waals surface area contributed by atoms with Crippen LogP contribution in [-0.2, 0) is 6.42 Å². The Kier molecular flexibility index (Phi) is 4.70. The molecule has 0 aliphatic carbocycles. The number of pyridine rings is 1. The van der Waals surface area contributed by atoms with E-state index < -0.39 is 0 Å². The normalized spacial score (nSPS) is 11.1. The molecule has 0 fully saturated rings. The molecule has 0 aliphatic heterocycles. The maximum absolute atomic E-state index is 12.1. The Morgan fingerprint density at radius 2 is 1.91 bits per heavy atom. The third-order valence-corrected chi connectivity index (χ3v) is 2.90. The highest BCUT2D eigenvalue weighted by Gasteiger charge is 2.16. The zero-order valence-corrected chi connectivity index (χ0v) is 13.3. The Bertz CT molecular complexity index is 649. The highest BCUT2D eigenvalue weighted by Crippen LogP contribution is 2.19. The van der Waals surface area contributed by atoms with Crippen molar-refractivity contribution in [3.8, 4) is 11.4 Å². The third kappa shape index (κ3) is 4.25. The highest BCUT2D eigenvalue weighted by molar-refractivity contribution is 5.89. The summed E-state index contributed by atoms with van der Waals surface area (Å²) in [4.78, 5) is 24.9. The van der Waals surface area contributed by atoms with Gasteiger partial charge in [-0.25, -0.2) is 14.8 Å². The summed E-state index contributed by atoms with van der Waals surface area (Å²) < 4.78 is 0. The molecule has 2 rings (SSSR count). The second-order valence-electron chi connectivity index (χ2n) is 5.99. The number of aryl methyl sites for hydroxylation is 1. The lowest BCUT2D eigenvalue weighted by Gasteiger charge is -2.21. The van der Waals surface area contributed by atoms with Gasteiger partial charge in [-0.15, -0.1) is 0 Å². The molecule has 0 saturated carbocycles. The first kappa shape index (κ1) is 15.9. The second-order valence-corrected chi connectivity index (χ2v) is 5.99. The van der Waals surface area contributed by atoms with Crippen molar-refractivity contribution in [1.82, 2.24) is 20.3 Å². The predicted octanol–water partition coefficient (Wildman–Crippen LogP) is 3.02. The number of rotatable bonds is 3. The summed E-state index contributed by atoms with van der Waals surface area (Å²) in [5.41, 5.74) is 1.44. The molecule has 22 heavy (non-hydrogen) atoms. The standard InChI is InChI=1S/C16H21N5O/c1-5-11-10-18-13(12-6-8-17-9-7-12)19-14(11)20-15(22)21-16(2,3)4/h6-10H,5H2,1-4H3,(H2,18,19,20,21,22). The second kappa shape index (κ2) is 6.51. The van der Waals surface area contributed by atoms with Crippen LogP contribution in [0, 0.1) is 0 Å². The van der Waals surface area contributed by atoms with Crippen molar-refractivity contribution in [2.24, 2.45) is 0 Å². The SMILES string of the molecule is CCc1cnc(-c2ccncc2)nc1NC(=O)NC(C)(C)C. The van der Waals surface area contributed by atoms with Crippen molar-refractivity contribution in [2.75, 3.05) is 5.32 Å². The number of aromatic nitrogens is 3. The number of amides is 2. The van der Waals surface area contributed by atoms with Crippen LogP contribution in [0.5, 0.6) is 0 Å². The first-order valence-corrected chi connectivity index (χ1v) is 7.24. The molecule has 0 atom stereocenters. The summed E-state index contributed by atoms with van der Waals surface area (Å²) in [6, 6.07) is 3.39. The van der Waals surface area contributed by atoms with Crippen LogP contribution >= 0.6 is 0 Å². The van der Waals surface area contributed by atoms with E-state index in [0.717, 1.165) is 17.5 Å². The number of hydrogen-bond donors (Lipinski definition) is 2. The van der Waals surface area contributed by atoms with Crippen LogP contribution in [0.25, 0.3) is 11.4 Å². The molecule has 2 N–H and O–H groups in total. The van der Waals surface area contributed by atoms with Crippen molar-refractivity contribution in [2.45, 2.75) is 39.7 Å². The molecule has 0 aliphatic rings. The fourth-order valence-electron chi connectivity index (χ4n) is 1.89. The van der Waals surface area contributed by atoms with Gasteiger partial charge in [-0.3, -0.25) is 10.3 Å². The van der Waals surface area contributed by atoms with Crippen LogP contribution < -0.4 is 10.6 Å². The Morgan fingerprint density at radius 1 is 1.23 bits per heavy atom. The Labute approximate surface area is 130 Å². The van der Waals surface area contributed by atoms with Gasteiger partial charge in [0.25, 0.3) is 0 Å². The van der Waals surface area contributed by atoms with Crippen molar-refractivity contribution in [3.63, 3.8) is 0 Å². The minimum atomic E-state index is -0.308. The van der Waals surface area contributed by atoms with Gasteiger partial charge in [0.15, 0.2) is 5.82 Å². The van der Waals surface area contributed by atoms with Gasteiger partial charge in [0.2, 0.25) is 0 Å². The van der Waals surface area contributed by atoms with Gasteiger partial charge >= 0.3 is 6.03 Å². The number of anilines is 1. The van der Waals surface area contributed by atoms with Gasteiger partial charge in [-0.1, -0.05) is 6.92 Å². The Morgan fingerprint density at radius 3 is 2.50 bits per heavy atom. The van der Waals surface area contributed by atoms with E-state index in [1.807, 2.05) is 39.8 Å². The van der Waals surface area contributed by atoms with Crippen molar-refractivity contribution in [3.05, 3.63) is 36.3 Å². The highest BCUT2D eigenvalue weighted by atomic mass is 16.2. The third-order valence-electron chi connectivity index (χ3n) is 2.90. The minimum absolute atomic E-state index is 0.276. The quantitative estimate of drug-likeness (QED) is 0.913. The minimum Gasteiger partial charge on any atom is -0.333 e. The van der Waals surface area contributed by atoms with Crippen molar-refractivity contribution < 1.29 is 4.79 Å². The van der Waals surface area contributed by atoms with Gasteiger partial charge in [0.05, 0.1) is 0 Å². The van der Waals surface area contributed by atoms with Crippen LogP contribution in [0.3, 0.4) is 0 Å². The van der Waals surface area contributed by atoms with Gasteiger partial charge in [0, 0.05) is 35.3 Å². The van der Waals surface area contributed by atoms with Gasteiger partial charge in [-0.2, -0.15) is 0 Å². The summed E-state index contributed by atoms with van der Waals surface area (Å²) in [7, 11) is 0. The Balaban J connectivity index is 2.27. The Hall–Kier alpha value is -2.50. The molecular formula is C16H21N5O. The molecule has 2 aromatic heterocycles. The van der Waals surface area contributed by atoms with Crippen molar-refractivity contribution >= 4 is 11.8 Å². The summed E-state index contributed by atoms with van der Waals surface area (Å²) in [5, 5.41) is 5.67. The van der Waals surface area contributed by atoms with Crippen LogP contribution in [0.2, 0.25) is 0 Å². The van der Waals surface area contributed by atoms with E-state index in [1.54, 1.807) is 18.6 Å². The van der Waals surface area contributed by atoms with Crippen LogP contribution in [-0.4, -0.2) is 26.5 Å². The lowest BCUT2D eigenvalue weighted by molar-refractivity contribution is 0.243. The first-order chi connectivity index (χ1) is 10.4. The number of nitrogens with zero attached hydrogens (tertiary/aromatic N) is 3. The van der Waals surface area contributed by atoms with E-state index in [0.29, 0.717) is 11.6 Å². The van der Waals surface area contributed by atoms with Crippen molar-refractivity contribution in [1.29, 1.82) is 0 Å². The topological polar surface area (TPSA) is 79.8 Å². The number of urea groups is 1. The summed E-state index contributed by atoms with van der Waals surface area (Å²) >= 11 is 0. The number of hydrogen-bond acceptors (Lipinski definition) is 4. The molecule has 0 spiro atoms. The zero-order valence-electron chi connectivity index (χ0n) is 13.3. The molecular weight excluding hydrogens is 278 g/mol. The lowest BCUT2D eigenvalue weighted by Crippen LogP contribution is -2.43. The zero-order chi connectivity index (χ0) is 16.2. The van der Waals surface area contributed by atoms with Crippen LogP contribution in [0.15, 0.2) is 30.7 Å². The molecule has 6 nitrogen and oxygen atoms in total. The fraction of sp³-hybridized carbons (Fsp3) is 0.375. The largest absolute Gasteiger partial charge is 0.333 e. The van der Waals surface area contributed by atoms with Crippen LogP contribution in [0.1, 0.15) is 33.3 Å². The van der Waals surface area contributed by atoms with Gasteiger partial charge in [0.1, 0.15) is 5.82 Å². The monoisotopic (exact) mass is 299 g/mol. The molecule has 2 aromatic rings. The molecule has 116 valence electrons. The van der Waals surface area contributed by atoms with E-state index in [1.165, 1.54) is 0 Å². The fourth-order valence-corrected chi connectivity index (χ4v) is 1.89. The van der Waals surface area contributed by atoms with E-state index >= 15 is 0 Å². The molecule has 0 radical (unpaired) electrons. The molecule has 2 heterocycles. The smallest absolute Gasteiger partial charge is 0.320 e. The average Bonchev–Trinajstić information content (AvgIpc) is 2.46. The molecule has 0 unspecified atom stereocenters. The lowest BCUT2D eigenvalue weighted by atomic mass is 10.1. The molecule has 0 saturated heterocycles.